The molecule has 4 rings (SSSR count). The van der Waals surface area contributed by atoms with E-state index in [0.29, 0.717) is 28.3 Å². The minimum Gasteiger partial charge on any atom is -0.442 e. The molecule has 1 aliphatic carbocycles. The molecule has 1 amide bonds. The number of carbonyl (C=O) groups is 1. The molecule has 30 heavy (non-hydrogen) atoms. The number of aromatic nitrogens is 2. The second-order valence-electron chi connectivity index (χ2n) is 8.99. The molecule has 1 aliphatic rings. The minimum absolute atomic E-state index is 0.0727. The molecule has 1 heterocycles. The van der Waals surface area contributed by atoms with Crippen LogP contribution >= 0.6 is 0 Å². The Labute approximate surface area is 175 Å². The number of aryl methyl sites for hydroxylation is 1. The Kier molecular flexibility index (Phi) is 4.88. The van der Waals surface area contributed by atoms with E-state index in [1.807, 2.05) is 43.3 Å². The molecular weight excluding hydrogens is 378 g/mol. The molecule has 0 spiro atoms. The van der Waals surface area contributed by atoms with Gasteiger partial charge in [0.05, 0.1) is 16.6 Å². The van der Waals surface area contributed by atoms with Crippen molar-refractivity contribution in [3.8, 4) is 5.69 Å². The number of nitrogens with two attached hydrogens (primary N) is 1. The lowest BCUT2D eigenvalue weighted by atomic mass is 9.79. The van der Waals surface area contributed by atoms with Crippen LogP contribution in [0, 0.1) is 6.92 Å². The number of carbonyl (C=O) groups excluding carboxylic acids is 1. The Balaban J connectivity index is 2.06. The van der Waals surface area contributed by atoms with E-state index in [1.54, 1.807) is 0 Å². The highest BCUT2D eigenvalue weighted by atomic mass is 16.5. The van der Waals surface area contributed by atoms with Crippen molar-refractivity contribution >= 4 is 17.0 Å². The van der Waals surface area contributed by atoms with Crippen LogP contribution < -0.4 is 11.3 Å². The number of nitrogens with zero attached hydrogens (tertiary/aromatic N) is 2. The zero-order chi connectivity index (χ0) is 21.6. The summed E-state index contributed by atoms with van der Waals surface area (Å²) in [5.41, 5.74) is 9.75. The molecule has 0 saturated heterocycles. The molecule has 0 radical (unpaired) electrons. The van der Waals surface area contributed by atoms with Gasteiger partial charge in [-0.1, -0.05) is 39.0 Å². The number of primary amides is 1. The maximum atomic E-state index is 13.7. The third-order valence-corrected chi connectivity index (χ3v) is 5.68. The van der Waals surface area contributed by atoms with E-state index >= 15 is 0 Å². The molecule has 1 aromatic heterocycles. The predicted octanol–water partition coefficient (Wildman–Crippen LogP) is 4.46. The van der Waals surface area contributed by atoms with Crippen LogP contribution in [0.3, 0.4) is 0 Å². The van der Waals surface area contributed by atoms with Crippen molar-refractivity contribution in [2.75, 3.05) is 0 Å². The predicted molar refractivity (Wildman–Crippen MR) is 117 cm³/mol. The molecule has 156 valence electrons. The standard InChI is InChI=1S/C24H27N3O3/c1-14-20(15-10-11-15)17(24(2,3)4)12-18-21(14)22(28)27(16-8-6-5-7-9-16)19(26-18)13-30-23(25)29/h5-9,12,15H,10-11,13H2,1-4H3,(H2,25,29). The summed E-state index contributed by atoms with van der Waals surface area (Å²) in [6.07, 6.45) is 1.40. The van der Waals surface area contributed by atoms with Crippen molar-refractivity contribution in [2.24, 2.45) is 5.73 Å². The van der Waals surface area contributed by atoms with Crippen LogP contribution in [0.2, 0.25) is 0 Å². The van der Waals surface area contributed by atoms with E-state index in [2.05, 4.69) is 20.8 Å². The molecule has 0 atom stereocenters. The van der Waals surface area contributed by atoms with Gasteiger partial charge >= 0.3 is 6.09 Å². The van der Waals surface area contributed by atoms with Gasteiger partial charge in [-0.3, -0.25) is 9.36 Å². The quantitative estimate of drug-likeness (QED) is 0.694. The van der Waals surface area contributed by atoms with Crippen LogP contribution in [0.1, 0.15) is 62.0 Å². The topological polar surface area (TPSA) is 87.2 Å². The van der Waals surface area contributed by atoms with Gasteiger partial charge in [-0.15, -0.1) is 0 Å². The summed E-state index contributed by atoms with van der Waals surface area (Å²) < 4.78 is 6.53. The smallest absolute Gasteiger partial charge is 0.404 e. The highest BCUT2D eigenvalue weighted by molar-refractivity contribution is 5.85. The summed E-state index contributed by atoms with van der Waals surface area (Å²) in [4.78, 5) is 29.7. The van der Waals surface area contributed by atoms with E-state index < -0.39 is 6.09 Å². The zero-order valence-corrected chi connectivity index (χ0v) is 17.9. The Morgan fingerprint density at radius 3 is 2.47 bits per heavy atom. The number of fused-ring (bicyclic) bond motifs is 1. The average molecular weight is 405 g/mol. The minimum atomic E-state index is -0.903. The molecule has 2 aromatic carbocycles. The molecule has 0 unspecified atom stereocenters. The fraction of sp³-hybridized carbons (Fsp3) is 0.375. The van der Waals surface area contributed by atoms with E-state index in [1.165, 1.54) is 15.7 Å². The van der Waals surface area contributed by atoms with Crippen LogP contribution in [0.15, 0.2) is 41.2 Å². The van der Waals surface area contributed by atoms with Crippen molar-refractivity contribution in [2.45, 2.75) is 58.5 Å². The highest BCUT2D eigenvalue weighted by Gasteiger charge is 2.33. The normalized spacial score (nSPS) is 14.1. The lowest BCUT2D eigenvalue weighted by Gasteiger charge is -2.26. The van der Waals surface area contributed by atoms with E-state index in [0.717, 1.165) is 18.4 Å². The lowest BCUT2D eigenvalue weighted by molar-refractivity contribution is 0.146. The molecule has 6 nitrogen and oxygen atoms in total. The first-order valence-electron chi connectivity index (χ1n) is 10.3. The highest BCUT2D eigenvalue weighted by Crippen LogP contribution is 2.47. The average Bonchev–Trinajstić information content (AvgIpc) is 3.50. The van der Waals surface area contributed by atoms with Gasteiger partial charge in [-0.05, 0) is 66.0 Å². The summed E-state index contributed by atoms with van der Waals surface area (Å²) in [6, 6.07) is 11.3. The SMILES string of the molecule is Cc1c(C2CC2)c(C(C)(C)C)cc2nc(COC(N)=O)n(-c3ccccc3)c(=O)c12. The maximum absolute atomic E-state index is 13.7. The van der Waals surface area contributed by atoms with Gasteiger partial charge in [0, 0.05) is 0 Å². The Bertz CT molecular complexity index is 1190. The molecule has 1 fully saturated rings. The summed E-state index contributed by atoms with van der Waals surface area (Å²) in [6.45, 7) is 8.40. The third-order valence-electron chi connectivity index (χ3n) is 5.68. The number of para-hydroxylation sites is 1. The van der Waals surface area contributed by atoms with E-state index in [-0.39, 0.29) is 17.6 Å². The molecular formula is C24H27N3O3. The Morgan fingerprint density at radius 1 is 1.23 bits per heavy atom. The van der Waals surface area contributed by atoms with Crippen molar-refractivity contribution in [3.63, 3.8) is 0 Å². The van der Waals surface area contributed by atoms with Crippen LogP contribution in [0.5, 0.6) is 0 Å². The Hall–Kier alpha value is -3.15. The number of rotatable bonds is 4. The summed E-state index contributed by atoms with van der Waals surface area (Å²) >= 11 is 0. The molecule has 1 saturated carbocycles. The van der Waals surface area contributed by atoms with Gasteiger partial charge in [-0.2, -0.15) is 0 Å². The lowest BCUT2D eigenvalue weighted by Crippen LogP contribution is -2.27. The van der Waals surface area contributed by atoms with Gasteiger partial charge in [0.1, 0.15) is 0 Å². The number of benzene rings is 2. The third kappa shape index (κ3) is 3.58. The van der Waals surface area contributed by atoms with Crippen molar-refractivity contribution in [3.05, 3.63) is 69.3 Å². The van der Waals surface area contributed by atoms with Gasteiger partial charge in [0.2, 0.25) is 0 Å². The second-order valence-corrected chi connectivity index (χ2v) is 8.99. The summed E-state index contributed by atoms with van der Waals surface area (Å²) in [5.74, 6) is 0.849. The number of hydrogen-bond donors (Lipinski definition) is 1. The summed E-state index contributed by atoms with van der Waals surface area (Å²) in [7, 11) is 0. The first kappa shape index (κ1) is 20.1. The van der Waals surface area contributed by atoms with E-state index in [4.69, 9.17) is 15.5 Å². The van der Waals surface area contributed by atoms with Gasteiger partial charge in [0.25, 0.3) is 5.56 Å². The fourth-order valence-electron chi connectivity index (χ4n) is 4.19. The van der Waals surface area contributed by atoms with Crippen LogP contribution in [-0.4, -0.2) is 15.6 Å². The van der Waals surface area contributed by atoms with Crippen LogP contribution in [0.4, 0.5) is 4.79 Å². The first-order chi connectivity index (χ1) is 14.2. The number of ether oxygens (including phenoxy) is 1. The summed E-state index contributed by atoms with van der Waals surface area (Å²) in [5, 5.41) is 0.622. The Morgan fingerprint density at radius 2 is 1.90 bits per heavy atom. The largest absolute Gasteiger partial charge is 0.442 e. The van der Waals surface area contributed by atoms with Crippen molar-refractivity contribution < 1.29 is 9.53 Å². The monoisotopic (exact) mass is 405 g/mol. The molecule has 3 aromatic rings. The molecule has 6 heteroatoms. The molecule has 0 aliphatic heterocycles. The zero-order valence-electron chi connectivity index (χ0n) is 17.9. The van der Waals surface area contributed by atoms with Gasteiger partial charge in [-0.25, -0.2) is 9.78 Å². The molecule has 0 bridgehead atoms. The fourth-order valence-corrected chi connectivity index (χ4v) is 4.19. The number of hydrogen-bond acceptors (Lipinski definition) is 4. The van der Waals surface area contributed by atoms with Crippen molar-refractivity contribution in [1.29, 1.82) is 0 Å². The van der Waals surface area contributed by atoms with Crippen molar-refractivity contribution in [1.82, 2.24) is 9.55 Å². The van der Waals surface area contributed by atoms with Crippen LogP contribution in [0.25, 0.3) is 16.6 Å². The molecule has 2 N–H and O–H groups in total. The van der Waals surface area contributed by atoms with E-state index in [9.17, 15) is 9.59 Å². The first-order valence-corrected chi connectivity index (χ1v) is 10.3. The number of amides is 1. The van der Waals surface area contributed by atoms with Gasteiger partial charge < -0.3 is 10.5 Å². The second kappa shape index (κ2) is 7.27. The maximum Gasteiger partial charge on any atom is 0.404 e. The van der Waals surface area contributed by atoms with Crippen LogP contribution in [-0.2, 0) is 16.8 Å². The van der Waals surface area contributed by atoms with Gasteiger partial charge in [0.15, 0.2) is 12.4 Å².